The minimum absolute atomic E-state index is 0.245. The first-order chi connectivity index (χ1) is 8.68. The van der Waals surface area contributed by atoms with Gasteiger partial charge in [-0.25, -0.2) is 0 Å². The summed E-state index contributed by atoms with van der Waals surface area (Å²) in [6.07, 6.45) is 1.82. The molecule has 0 aliphatic heterocycles. The van der Waals surface area contributed by atoms with Crippen LogP contribution in [0, 0.1) is 6.92 Å². The van der Waals surface area contributed by atoms with E-state index in [-0.39, 0.29) is 6.42 Å². The van der Waals surface area contributed by atoms with Gasteiger partial charge in [-0.1, -0.05) is 18.2 Å². The second-order valence-electron chi connectivity index (χ2n) is 4.45. The van der Waals surface area contributed by atoms with E-state index in [4.69, 9.17) is 5.11 Å². The van der Waals surface area contributed by atoms with Crippen LogP contribution < -0.4 is 5.32 Å². The Morgan fingerprint density at radius 1 is 1.33 bits per heavy atom. The fraction of sp³-hybridized carbons (Fsp3) is 0.357. The van der Waals surface area contributed by atoms with E-state index in [0.29, 0.717) is 6.42 Å². The van der Waals surface area contributed by atoms with E-state index in [2.05, 4.69) is 22.4 Å². The van der Waals surface area contributed by atoms with Gasteiger partial charge in [0.2, 0.25) is 0 Å². The van der Waals surface area contributed by atoms with Crippen LogP contribution in [0.5, 0.6) is 0 Å². The maximum atomic E-state index is 10.4. The van der Waals surface area contributed by atoms with Crippen LogP contribution in [-0.4, -0.2) is 22.6 Å². The Kier molecular flexibility index (Phi) is 3.87. The van der Waals surface area contributed by atoms with Crippen LogP contribution in [0.15, 0.2) is 24.3 Å². The quantitative estimate of drug-likeness (QED) is 0.686. The Labute approximate surface area is 106 Å². The number of aliphatic carboxylic acids is 1. The average Bonchev–Trinajstić information content (AvgIpc) is 2.65. The van der Waals surface area contributed by atoms with Gasteiger partial charge in [-0.05, 0) is 25.8 Å². The summed E-state index contributed by atoms with van der Waals surface area (Å²) in [7, 11) is 0. The first-order valence-electron chi connectivity index (χ1n) is 6.21. The molecule has 18 heavy (non-hydrogen) atoms. The van der Waals surface area contributed by atoms with Gasteiger partial charge in [0.1, 0.15) is 0 Å². The van der Waals surface area contributed by atoms with Gasteiger partial charge >= 0.3 is 5.97 Å². The number of hydrogen-bond acceptors (Lipinski definition) is 2. The van der Waals surface area contributed by atoms with Crippen LogP contribution in [0.3, 0.4) is 0 Å². The summed E-state index contributed by atoms with van der Waals surface area (Å²) in [5, 5.41) is 13.1. The molecule has 2 aromatic rings. The number of benzene rings is 1. The van der Waals surface area contributed by atoms with Crippen molar-refractivity contribution in [3.63, 3.8) is 0 Å². The SMILES string of the molecule is Cc1[nH]c2ccccc2c1NCCCCC(=O)O. The van der Waals surface area contributed by atoms with E-state index in [1.807, 2.05) is 19.1 Å². The van der Waals surface area contributed by atoms with E-state index in [0.717, 1.165) is 29.9 Å². The highest BCUT2D eigenvalue weighted by Crippen LogP contribution is 2.26. The fourth-order valence-electron chi connectivity index (χ4n) is 2.12. The van der Waals surface area contributed by atoms with Crippen LogP contribution in [-0.2, 0) is 4.79 Å². The molecule has 0 bridgehead atoms. The van der Waals surface area contributed by atoms with Crippen LogP contribution in [0.25, 0.3) is 10.9 Å². The standard InChI is InChI=1S/C14H18N2O2/c1-10-14(15-9-5-4-8-13(17)18)11-6-2-3-7-12(11)16-10/h2-3,6-7,15-16H,4-5,8-9H2,1H3,(H,17,18). The van der Waals surface area contributed by atoms with Crippen LogP contribution in [0.1, 0.15) is 25.0 Å². The third-order valence-electron chi connectivity index (χ3n) is 3.01. The number of aromatic amines is 1. The Balaban J connectivity index is 1.95. The molecule has 0 spiro atoms. The van der Waals surface area contributed by atoms with E-state index in [9.17, 15) is 4.79 Å². The number of fused-ring (bicyclic) bond motifs is 1. The maximum Gasteiger partial charge on any atom is 0.303 e. The van der Waals surface area contributed by atoms with E-state index < -0.39 is 5.97 Å². The van der Waals surface area contributed by atoms with Crippen molar-refractivity contribution in [2.75, 3.05) is 11.9 Å². The largest absolute Gasteiger partial charge is 0.481 e. The van der Waals surface area contributed by atoms with Crippen molar-refractivity contribution in [2.45, 2.75) is 26.2 Å². The van der Waals surface area contributed by atoms with Gasteiger partial charge in [0.05, 0.1) is 5.69 Å². The lowest BCUT2D eigenvalue weighted by atomic mass is 10.2. The zero-order chi connectivity index (χ0) is 13.0. The second kappa shape index (κ2) is 5.58. The molecule has 1 heterocycles. The van der Waals surface area contributed by atoms with Gasteiger partial charge in [0, 0.05) is 29.6 Å². The van der Waals surface area contributed by atoms with Crippen molar-refractivity contribution in [1.82, 2.24) is 4.98 Å². The van der Waals surface area contributed by atoms with Crippen LogP contribution in [0.4, 0.5) is 5.69 Å². The highest BCUT2D eigenvalue weighted by molar-refractivity contribution is 5.94. The monoisotopic (exact) mass is 246 g/mol. The van der Waals surface area contributed by atoms with Crippen molar-refractivity contribution in [3.05, 3.63) is 30.0 Å². The lowest BCUT2D eigenvalue weighted by molar-refractivity contribution is -0.137. The predicted molar refractivity (Wildman–Crippen MR) is 73.0 cm³/mol. The Bertz CT molecular complexity index is 546. The van der Waals surface area contributed by atoms with E-state index >= 15 is 0 Å². The highest BCUT2D eigenvalue weighted by Gasteiger charge is 2.06. The Hall–Kier alpha value is -1.97. The number of unbranched alkanes of at least 4 members (excludes halogenated alkanes) is 1. The molecule has 0 radical (unpaired) electrons. The number of carboxylic acids is 1. The number of anilines is 1. The molecule has 0 saturated carbocycles. The molecule has 1 aromatic heterocycles. The molecule has 0 unspecified atom stereocenters. The molecule has 2 rings (SSSR count). The van der Waals surface area contributed by atoms with Crippen molar-refractivity contribution in [2.24, 2.45) is 0 Å². The normalized spacial score (nSPS) is 10.7. The number of hydrogen-bond donors (Lipinski definition) is 3. The number of carboxylic acid groups (broad SMARTS) is 1. The molecule has 0 fully saturated rings. The smallest absolute Gasteiger partial charge is 0.303 e. The maximum absolute atomic E-state index is 10.4. The van der Waals surface area contributed by atoms with Crippen molar-refractivity contribution < 1.29 is 9.90 Å². The first-order valence-corrected chi connectivity index (χ1v) is 6.21. The topological polar surface area (TPSA) is 65.1 Å². The summed E-state index contributed by atoms with van der Waals surface area (Å²) in [5.41, 5.74) is 3.37. The summed E-state index contributed by atoms with van der Waals surface area (Å²) < 4.78 is 0. The van der Waals surface area contributed by atoms with Crippen molar-refractivity contribution in [1.29, 1.82) is 0 Å². The number of H-pyrrole nitrogens is 1. The average molecular weight is 246 g/mol. The lowest BCUT2D eigenvalue weighted by Gasteiger charge is -2.05. The van der Waals surface area contributed by atoms with Gasteiger partial charge in [-0.15, -0.1) is 0 Å². The number of para-hydroxylation sites is 1. The molecule has 0 amide bonds. The van der Waals surface area contributed by atoms with Crippen molar-refractivity contribution >= 4 is 22.6 Å². The third-order valence-corrected chi connectivity index (χ3v) is 3.01. The number of rotatable bonds is 6. The first kappa shape index (κ1) is 12.5. The van der Waals surface area contributed by atoms with Gasteiger partial charge < -0.3 is 15.4 Å². The van der Waals surface area contributed by atoms with Gasteiger partial charge in [-0.3, -0.25) is 4.79 Å². The molecular weight excluding hydrogens is 228 g/mol. The summed E-state index contributed by atoms with van der Waals surface area (Å²) in [4.78, 5) is 13.7. The molecule has 96 valence electrons. The molecule has 0 saturated heterocycles. The van der Waals surface area contributed by atoms with E-state index in [1.165, 1.54) is 5.39 Å². The number of carbonyl (C=O) groups is 1. The second-order valence-corrected chi connectivity index (χ2v) is 4.45. The molecule has 0 atom stereocenters. The molecular formula is C14H18N2O2. The molecule has 0 aliphatic rings. The number of aryl methyl sites for hydroxylation is 1. The third kappa shape index (κ3) is 2.83. The zero-order valence-corrected chi connectivity index (χ0v) is 10.5. The van der Waals surface area contributed by atoms with Gasteiger partial charge in [0.25, 0.3) is 0 Å². The van der Waals surface area contributed by atoms with E-state index in [1.54, 1.807) is 0 Å². The Morgan fingerprint density at radius 2 is 2.11 bits per heavy atom. The zero-order valence-electron chi connectivity index (χ0n) is 10.5. The fourth-order valence-corrected chi connectivity index (χ4v) is 2.12. The highest BCUT2D eigenvalue weighted by atomic mass is 16.4. The molecule has 1 aromatic carbocycles. The van der Waals surface area contributed by atoms with Gasteiger partial charge in [-0.2, -0.15) is 0 Å². The lowest BCUT2D eigenvalue weighted by Crippen LogP contribution is -2.03. The van der Waals surface area contributed by atoms with Crippen LogP contribution >= 0.6 is 0 Å². The van der Waals surface area contributed by atoms with Gasteiger partial charge in [0.15, 0.2) is 0 Å². The molecule has 3 N–H and O–H groups in total. The summed E-state index contributed by atoms with van der Waals surface area (Å²) in [5.74, 6) is -0.724. The molecule has 0 aliphatic carbocycles. The van der Waals surface area contributed by atoms with Crippen molar-refractivity contribution in [3.8, 4) is 0 Å². The molecule has 4 nitrogen and oxygen atoms in total. The Morgan fingerprint density at radius 3 is 2.89 bits per heavy atom. The minimum atomic E-state index is -0.724. The minimum Gasteiger partial charge on any atom is -0.481 e. The summed E-state index contributed by atoms with van der Waals surface area (Å²) in [6.45, 7) is 2.84. The van der Waals surface area contributed by atoms with Crippen LogP contribution in [0.2, 0.25) is 0 Å². The number of nitrogens with one attached hydrogen (secondary N) is 2. The summed E-state index contributed by atoms with van der Waals surface area (Å²) >= 11 is 0. The molecule has 4 heteroatoms. The predicted octanol–water partition coefficient (Wildman–Crippen LogP) is 3.14. The summed E-state index contributed by atoms with van der Waals surface area (Å²) in [6, 6.07) is 8.16. The number of aromatic nitrogens is 1.